The van der Waals surface area contributed by atoms with Gasteiger partial charge in [0.25, 0.3) is 0 Å². The Morgan fingerprint density at radius 1 is 0.971 bits per heavy atom. The fourth-order valence-electron chi connectivity index (χ4n) is 4.92. The summed E-state index contributed by atoms with van der Waals surface area (Å²) >= 11 is 0. The van der Waals surface area contributed by atoms with Gasteiger partial charge >= 0.3 is 12.0 Å². The molecule has 2 rings (SSSR count). The van der Waals surface area contributed by atoms with Crippen LogP contribution in [0.4, 0.5) is 4.79 Å². The Morgan fingerprint density at radius 3 is 2.12 bits per heavy atom. The number of urea groups is 1. The lowest BCUT2D eigenvalue weighted by Crippen LogP contribution is -2.49. The predicted octanol–water partition coefficient (Wildman–Crippen LogP) is 2.95. The van der Waals surface area contributed by atoms with Gasteiger partial charge in [-0.3, -0.25) is 14.4 Å². The Bertz CT molecular complexity index is 714. The summed E-state index contributed by atoms with van der Waals surface area (Å²) in [5.74, 6) is -1.98. The van der Waals surface area contributed by atoms with Crippen molar-refractivity contribution in [1.29, 1.82) is 0 Å². The lowest BCUT2D eigenvalue weighted by molar-refractivity contribution is -0.139. The van der Waals surface area contributed by atoms with Gasteiger partial charge in [0.1, 0.15) is 0 Å². The Balaban J connectivity index is 1.72. The Hall–Kier alpha value is -2.58. The van der Waals surface area contributed by atoms with Crippen LogP contribution >= 0.6 is 0 Å². The molecule has 2 aliphatic carbocycles. The molecule has 2 saturated carbocycles. The molecule has 0 aromatic heterocycles. The van der Waals surface area contributed by atoms with E-state index in [1.165, 1.54) is 19.3 Å². The molecule has 0 radical (unpaired) electrons. The molecule has 2 aliphatic rings. The summed E-state index contributed by atoms with van der Waals surface area (Å²) in [7, 11) is 1.77. The molecule has 2 atom stereocenters. The van der Waals surface area contributed by atoms with Crippen LogP contribution in [0.1, 0.15) is 84.0 Å². The minimum absolute atomic E-state index is 0.0676. The van der Waals surface area contributed by atoms with Gasteiger partial charge in [-0.05, 0) is 44.9 Å². The van der Waals surface area contributed by atoms with Gasteiger partial charge in [0.15, 0.2) is 0 Å². The molecular formula is C25H42N4O5. The van der Waals surface area contributed by atoms with Crippen LogP contribution in [-0.2, 0) is 14.4 Å². The van der Waals surface area contributed by atoms with Crippen molar-refractivity contribution in [2.45, 2.75) is 108 Å². The van der Waals surface area contributed by atoms with E-state index >= 15 is 0 Å². The summed E-state index contributed by atoms with van der Waals surface area (Å²) in [5.41, 5.74) is 0. The van der Waals surface area contributed by atoms with Crippen molar-refractivity contribution in [3.8, 4) is 0 Å². The van der Waals surface area contributed by atoms with Crippen LogP contribution < -0.4 is 16.0 Å². The molecule has 0 aliphatic heterocycles. The summed E-state index contributed by atoms with van der Waals surface area (Å²) in [5, 5.41) is 17.9. The third kappa shape index (κ3) is 9.35. The highest BCUT2D eigenvalue weighted by Crippen LogP contribution is 2.24. The third-order valence-corrected chi connectivity index (χ3v) is 7.06. The van der Waals surface area contributed by atoms with E-state index in [1.54, 1.807) is 24.9 Å². The molecule has 4 amide bonds. The van der Waals surface area contributed by atoms with Gasteiger partial charge in [-0.25, -0.2) is 4.79 Å². The van der Waals surface area contributed by atoms with E-state index in [0.717, 1.165) is 38.5 Å². The quantitative estimate of drug-likeness (QED) is 0.340. The number of carboxylic acid groups (broad SMARTS) is 1. The van der Waals surface area contributed by atoms with E-state index in [0.29, 0.717) is 6.42 Å². The zero-order valence-electron chi connectivity index (χ0n) is 20.7. The number of carbonyl (C=O) groups excluding carboxylic acids is 3. The molecule has 4 N–H and O–H groups in total. The van der Waals surface area contributed by atoms with Crippen LogP contribution in [0, 0.1) is 5.92 Å². The number of hydrogen-bond donors (Lipinski definition) is 4. The standard InChI is InChI=1S/C25H42N4O5/c1-4-8-20(16-23(31)32)26-24(33)17(2)15-22(30)29(3)21-13-11-19(12-14-21)28-25(34)27-18-9-6-5-7-10-18/h4,17-21H,1,5-16H2,2-3H3,(H,26,33)(H,31,32)(H2,27,28,34)/t17?,19?,20-,21?/m1/s1. The molecule has 0 spiro atoms. The van der Waals surface area contributed by atoms with Gasteiger partial charge in [0, 0.05) is 43.6 Å². The highest BCUT2D eigenvalue weighted by molar-refractivity contribution is 5.86. The molecular weight excluding hydrogens is 436 g/mol. The number of nitrogens with zero attached hydrogens (tertiary/aromatic N) is 1. The average molecular weight is 479 g/mol. The fraction of sp³-hybridized carbons (Fsp3) is 0.760. The van der Waals surface area contributed by atoms with Crippen LogP contribution in [0.2, 0.25) is 0 Å². The first kappa shape index (κ1) is 27.7. The van der Waals surface area contributed by atoms with Gasteiger partial charge in [0.05, 0.1) is 6.42 Å². The summed E-state index contributed by atoms with van der Waals surface area (Å²) in [6, 6.07) is -0.135. The molecule has 9 nitrogen and oxygen atoms in total. The number of hydrogen-bond acceptors (Lipinski definition) is 4. The Kier molecular flexibility index (Phi) is 11.4. The Morgan fingerprint density at radius 2 is 1.56 bits per heavy atom. The molecule has 1 unspecified atom stereocenters. The lowest BCUT2D eigenvalue weighted by Gasteiger charge is -2.35. The maximum Gasteiger partial charge on any atom is 0.315 e. The molecule has 192 valence electrons. The Labute approximate surface area is 203 Å². The van der Waals surface area contributed by atoms with Gasteiger partial charge in [-0.15, -0.1) is 6.58 Å². The van der Waals surface area contributed by atoms with Crippen LogP contribution in [-0.4, -0.2) is 65.0 Å². The van der Waals surface area contributed by atoms with Crippen LogP contribution in [0.3, 0.4) is 0 Å². The van der Waals surface area contributed by atoms with Crippen molar-refractivity contribution in [2.75, 3.05) is 7.05 Å². The number of rotatable bonds is 11. The van der Waals surface area contributed by atoms with E-state index in [2.05, 4.69) is 22.5 Å². The largest absolute Gasteiger partial charge is 0.481 e. The first-order chi connectivity index (χ1) is 16.2. The first-order valence-corrected chi connectivity index (χ1v) is 12.6. The first-order valence-electron chi connectivity index (χ1n) is 12.6. The minimum Gasteiger partial charge on any atom is -0.481 e. The smallest absolute Gasteiger partial charge is 0.315 e. The number of carboxylic acids is 1. The third-order valence-electron chi connectivity index (χ3n) is 7.06. The summed E-state index contributed by atoms with van der Waals surface area (Å²) < 4.78 is 0. The number of nitrogens with one attached hydrogen (secondary N) is 3. The zero-order chi connectivity index (χ0) is 25.1. The fourth-order valence-corrected chi connectivity index (χ4v) is 4.92. The van der Waals surface area contributed by atoms with Crippen molar-refractivity contribution in [1.82, 2.24) is 20.9 Å². The molecule has 2 fully saturated rings. The SMILES string of the molecule is C=CC[C@H](CC(=O)O)NC(=O)C(C)CC(=O)N(C)C1CCC(NC(=O)NC2CCCCC2)CC1. The molecule has 0 saturated heterocycles. The van der Waals surface area contributed by atoms with Crippen molar-refractivity contribution in [2.24, 2.45) is 5.92 Å². The second kappa shape index (κ2) is 14.0. The van der Waals surface area contributed by atoms with Crippen molar-refractivity contribution in [3.05, 3.63) is 12.7 Å². The summed E-state index contributed by atoms with van der Waals surface area (Å²) in [6.45, 7) is 5.28. The van der Waals surface area contributed by atoms with E-state index < -0.39 is 17.9 Å². The maximum atomic E-state index is 12.8. The van der Waals surface area contributed by atoms with Gasteiger partial charge in [-0.1, -0.05) is 32.3 Å². The molecule has 0 aromatic carbocycles. The second-order valence-corrected chi connectivity index (χ2v) is 9.90. The van der Waals surface area contributed by atoms with E-state index in [1.807, 2.05) is 0 Å². The highest BCUT2D eigenvalue weighted by Gasteiger charge is 2.29. The number of amides is 4. The summed E-state index contributed by atoms with van der Waals surface area (Å²) in [4.78, 5) is 50.3. The van der Waals surface area contributed by atoms with Gasteiger partial charge in [0.2, 0.25) is 11.8 Å². The molecule has 0 heterocycles. The number of aliphatic carboxylic acids is 1. The van der Waals surface area contributed by atoms with Crippen LogP contribution in [0.5, 0.6) is 0 Å². The van der Waals surface area contributed by atoms with Crippen molar-refractivity contribution in [3.63, 3.8) is 0 Å². The van der Waals surface area contributed by atoms with Gasteiger partial charge in [-0.2, -0.15) is 0 Å². The topological polar surface area (TPSA) is 128 Å². The van der Waals surface area contributed by atoms with E-state index in [9.17, 15) is 19.2 Å². The molecule has 34 heavy (non-hydrogen) atoms. The van der Waals surface area contributed by atoms with E-state index in [-0.39, 0.29) is 48.8 Å². The monoisotopic (exact) mass is 478 g/mol. The molecule has 0 bridgehead atoms. The number of carbonyl (C=O) groups is 4. The van der Waals surface area contributed by atoms with Crippen molar-refractivity contribution >= 4 is 23.8 Å². The van der Waals surface area contributed by atoms with Crippen molar-refractivity contribution < 1.29 is 24.3 Å². The minimum atomic E-state index is -0.993. The molecule has 9 heteroatoms. The maximum absolute atomic E-state index is 12.8. The highest BCUT2D eigenvalue weighted by atomic mass is 16.4. The molecule has 0 aromatic rings. The zero-order valence-corrected chi connectivity index (χ0v) is 20.7. The normalized spacial score (nSPS) is 22.6. The second-order valence-electron chi connectivity index (χ2n) is 9.90. The van der Waals surface area contributed by atoms with E-state index in [4.69, 9.17) is 5.11 Å². The van der Waals surface area contributed by atoms with Gasteiger partial charge < -0.3 is 26.0 Å². The lowest BCUT2D eigenvalue weighted by atomic mass is 9.90. The van der Waals surface area contributed by atoms with Crippen LogP contribution in [0.15, 0.2) is 12.7 Å². The average Bonchev–Trinajstić information content (AvgIpc) is 2.79. The summed E-state index contributed by atoms with van der Waals surface area (Å²) in [6.07, 6.45) is 10.8. The van der Waals surface area contributed by atoms with Crippen LogP contribution in [0.25, 0.3) is 0 Å². The predicted molar refractivity (Wildman–Crippen MR) is 130 cm³/mol.